The predicted octanol–water partition coefficient (Wildman–Crippen LogP) is 1.87. The third-order valence-corrected chi connectivity index (χ3v) is 6.10. The van der Waals surface area contributed by atoms with Crippen molar-refractivity contribution in [2.45, 2.75) is 38.1 Å². The Kier molecular flexibility index (Phi) is 5.62. The van der Waals surface area contributed by atoms with Gasteiger partial charge in [0, 0.05) is 6.54 Å². The molecule has 0 bridgehead atoms. The van der Waals surface area contributed by atoms with Gasteiger partial charge in [0.2, 0.25) is 17.7 Å². The van der Waals surface area contributed by atoms with Crippen LogP contribution in [0.1, 0.15) is 43.9 Å². The largest absolute Gasteiger partial charge is 0.468 e. The number of fused-ring (bicyclic) bond motifs is 1. The number of carbonyl (C=O) groups excluding carboxylic acids is 3. The first-order valence-corrected chi connectivity index (χ1v) is 10.2. The molecule has 0 radical (unpaired) electrons. The van der Waals surface area contributed by atoms with E-state index >= 15 is 0 Å². The zero-order valence-electron chi connectivity index (χ0n) is 16.0. The molecule has 1 aromatic rings. The van der Waals surface area contributed by atoms with E-state index in [1.54, 1.807) is 6.26 Å². The molecule has 3 amide bonds. The highest BCUT2D eigenvalue weighted by atomic mass is 16.3. The van der Waals surface area contributed by atoms with Crippen LogP contribution in [-0.4, -0.2) is 53.7 Å². The highest BCUT2D eigenvalue weighted by molar-refractivity contribution is 6.07. The minimum Gasteiger partial charge on any atom is -0.468 e. The number of amides is 3. The summed E-state index contributed by atoms with van der Waals surface area (Å²) in [7, 11) is 0. The molecule has 2 saturated heterocycles. The average molecular weight is 385 g/mol. The minimum absolute atomic E-state index is 0.0315. The van der Waals surface area contributed by atoms with Crippen molar-refractivity contribution in [2.75, 3.05) is 26.2 Å². The first kappa shape index (κ1) is 18.9. The molecule has 2 fully saturated rings. The Morgan fingerprint density at radius 3 is 2.39 bits per heavy atom. The molecule has 28 heavy (non-hydrogen) atoms. The first-order valence-electron chi connectivity index (χ1n) is 10.2. The van der Waals surface area contributed by atoms with E-state index in [-0.39, 0.29) is 42.1 Å². The van der Waals surface area contributed by atoms with Crippen LogP contribution in [0.2, 0.25) is 0 Å². The Hall–Kier alpha value is -2.41. The van der Waals surface area contributed by atoms with Crippen LogP contribution in [-0.2, 0) is 14.4 Å². The quantitative estimate of drug-likeness (QED) is 0.597. The fourth-order valence-electron chi connectivity index (χ4n) is 4.56. The number of hydrogen-bond donors (Lipinski definition) is 1. The molecule has 3 aliphatic rings. The zero-order chi connectivity index (χ0) is 19.5. The van der Waals surface area contributed by atoms with E-state index in [0.29, 0.717) is 19.4 Å². The Balaban J connectivity index is 1.36. The van der Waals surface area contributed by atoms with E-state index in [1.165, 1.54) is 6.42 Å². The topological polar surface area (TPSA) is 82.9 Å². The van der Waals surface area contributed by atoms with Gasteiger partial charge in [-0.2, -0.15) is 0 Å². The van der Waals surface area contributed by atoms with Gasteiger partial charge >= 0.3 is 0 Å². The van der Waals surface area contributed by atoms with Crippen LogP contribution < -0.4 is 5.32 Å². The smallest absolute Gasteiger partial charge is 0.240 e. The Morgan fingerprint density at radius 1 is 1.11 bits per heavy atom. The summed E-state index contributed by atoms with van der Waals surface area (Å²) in [5.41, 5.74) is 0. The maximum Gasteiger partial charge on any atom is 0.240 e. The van der Waals surface area contributed by atoms with E-state index in [1.807, 2.05) is 24.3 Å². The van der Waals surface area contributed by atoms with Gasteiger partial charge in [-0.05, 0) is 50.9 Å². The minimum atomic E-state index is -0.304. The molecule has 0 aromatic carbocycles. The van der Waals surface area contributed by atoms with E-state index in [2.05, 4.69) is 10.2 Å². The molecule has 3 heterocycles. The van der Waals surface area contributed by atoms with Crippen molar-refractivity contribution in [2.24, 2.45) is 11.8 Å². The number of hydrogen-bond acceptors (Lipinski definition) is 5. The molecule has 7 nitrogen and oxygen atoms in total. The van der Waals surface area contributed by atoms with Crippen molar-refractivity contribution in [3.05, 3.63) is 36.3 Å². The highest BCUT2D eigenvalue weighted by Crippen LogP contribution is 2.34. The molecular formula is C21H27N3O4. The van der Waals surface area contributed by atoms with Crippen LogP contribution >= 0.6 is 0 Å². The van der Waals surface area contributed by atoms with Crippen LogP contribution in [0.4, 0.5) is 0 Å². The molecule has 4 rings (SSSR count). The van der Waals surface area contributed by atoms with E-state index < -0.39 is 0 Å². The number of allylic oxidation sites excluding steroid dienone is 2. The number of likely N-dealkylation sites (tertiary alicyclic amines) is 2. The maximum atomic E-state index is 12.5. The molecule has 1 N–H and O–H groups in total. The Morgan fingerprint density at radius 2 is 1.79 bits per heavy atom. The van der Waals surface area contributed by atoms with Crippen LogP contribution in [0, 0.1) is 11.8 Å². The van der Waals surface area contributed by atoms with Crippen LogP contribution in [0.3, 0.4) is 0 Å². The van der Waals surface area contributed by atoms with Crippen molar-refractivity contribution >= 4 is 17.7 Å². The normalized spacial score (nSPS) is 26.4. The second kappa shape index (κ2) is 8.31. The first-order chi connectivity index (χ1) is 13.6. The van der Waals surface area contributed by atoms with Gasteiger partial charge in [-0.1, -0.05) is 18.6 Å². The summed E-state index contributed by atoms with van der Waals surface area (Å²) >= 11 is 0. The second-order valence-corrected chi connectivity index (χ2v) is 7.85. The molecular weight excluding hydrogens is 358 g/mol. The van der Waals surface area contributed by atoms with Crippen LogP contribution in [0.5, 0.6) is 0 Å². The average Bonchev–Trinajstić information content (AvgIpc) is 3.33. The fourth-order valence-corrected chi connectivity index (χ4v) is 4.56. The van der Waals surface area contributed by atoms with Gasteiger partial charge in [0.1, 0.15) is 12.3 Å². The lowest BCUT2D eigenvalue weighted by Crippen LogP contribution is -2.45. The molecule has 3 unspecified atom stereocenters. The van der Waals surface area contributed by atoms with Crippen molar-refractivity contribution in [3.8, 4) is 0 Å². The molecule has 2 aliphatic heterocycles. The molecule has 1 aromatic heterocycles. The summed E-state index contributed by atoms with van der Waals surface area (Å²) in [6.45, 7) is 2.15. The molecule has 1 aliphatic carbocycles. The fraction of sp³-hybridized carbons (Fsp3) is 0.571. The van der Waals surface area contributed by atoms with Gasteiger partial charge in [0.05, 0.1) is 24.1 Å². The van der Waals surface area contributed by atoms with Crippen LogP contribution in [0.15, 0.2) is 35.0 Å². The van der Waals surface area contributed by atoms with E-state index in [0.717, 1.165) is 36.6 Å². The van der Waals surface area contributed by atoms with Gasteiger partial charge in [-0.3, -0.25) is 24.2 Å². The molecule has 3 atom stereocenters. The monoisotopic (exact) mass is 385 g/mol. The number of nitrogens with zero attached hydrogens (tertiary/aromatic N) is 2. The van der Waals surface area contributed by atoms with Gasteiger partial charge in [0.25, 0.3) is 0 Å². The third-order valence-electron chi connectivity index (χ3n) is 6.10. The number of carbonyl (C=O) groups is 3. The number of piperidine rings is 1. The van der Waals surface area contributed by atoms with Gasteiger partial charge in [-0.15, -0.1) is 0 Å². The zero-order valence-corrected chi connectivity index (χ0v) is 16.0. The number of furan rings is 1. The number of rotatable bonds is 6. The summed E-state index contributed by atoms with van der Waals surface area (Å²) in [5, 5.41) is 2.92. The lowest BCUT2D eigenvalue weighted by molar-refractivity contribution is -0.143. The lowest BCUT2D eigenvalue weighted by atomic mass is 9.85. The lowest BCUT2D eigenvalue weighted by Gasteiger charge is -2.33. The maximum absolute atomic E-state index is 12.5. The standard InChI is InChI=1S/C21H27N3O4/c25-19(14-24-20(26)15-7-2-3-8-16(15)21(24)27)22-13-17(18-9-6-12-28-18)23-10-4-1-5-11-23/h2-3,6,9,12,15-17H,1,4-5,7-8,10-11,13-14H2,(H,22,25). The Labute approximate surface area is 164 Å². The molecule has 0 spiro atoms. The molecule has 150 valence electrons. The summed E-state index contributed by atoms with van der Waals surface area (Å²) in [4.78, 5) is 41.1. The van der Waals surface area contributed by atoms with Gasteiger partial charge in [-0.25, -0.2) is 0 Å². The summed E-state index contributed by atoms with van der Waals surface area (Å²) in [6.07, 6.45) is 10.2. The number of imide groups is 1. The van der Waals surface area contributed by atoms with Crippen molar-refractivity contribution in [1.82, 2.24) is 15.1 Å². The third kappa shape index (κ3) is 3.76. The van der Waals surface area contributed by atoms with Crippen LogP contribution in [0.25, 0.3) is 0 Å². The predicted molar refractivity (Wildman–Crippen MR) is 102 cm³/mol. The second-order valence-electron chi connectivity index (χ2n) is 7.85. The number of nitrogens with one attached hydrogen (secondary N) is 1. The van der Waals surface area contributed by atoms with Gasteiger partial charge in [0.15, 0.2) is 0 Å². The summed E-state index contributed by atoms with van der Waals surface area (Å²) in [5.74, 6) is -0.500. The van der Waals surface area contributed by atoms with Crippen molar-refractivity contribution < 1.29 is 18.8 Å². The van der Waals surface area contributed by atoms with Crippen molar-refractivity contribution in [3.63, 3.8) is 0 Å². The summed E-state index contributed by atoms with van der Waals surface area (Å²) in [6, 6.07) is 3.75. The van der Waals surface area contributed by atoms with Crippen molar-refractivity contribution in [1.29, 1.82) is 0 Å². The highest BCUT2D eigenvalue weighted by Gasteiger charge is 2.47. The van der Waals surface area contributed by atoms with E-state index in [4.69, 9.17) is 4.42 Å². The summed E-state index contributed by atoms with van der Waals surface area (Å²) < 4.78 is 5.59. The van der Waals surface area contributed by atoms with Gasteiger partial charge < -0.3 is 9.73 Å². The van der Waals surface area contributed by atoms with E-state index in [9.17, 15) is 14.4 Å². The SMILES string of the molecule is O=C(CN1C(=O)C2CC=CCC2C1=O)NCC(c1ccco1)N1CCCCC1. The Bertz CT molecular complexity index is 726. The molecule has 7 heteroatoms. The molecule has 0 saturated carbocycles.